The fraction of sp³-hybridized carbons (Fsp3) is 0.105. The summed E-state index contributed by atoms with van der Waals surface area (Å²) in [6, 6.07) is 17.0. The molecule has 0 spiro atoms. The summed E-state index contributed by atoms with van der Waals surface area (Å²) in [5, 5.41) is 2.88. The lowest BCUT2D eigenvalue weighted by Gasteiger charge is -2.10. The molecule has 4 nitrogen and oxygen atoms in total. The molecule has 0 saturated carbocycles. The number of anilines is 1. The summed E-state index contributed by atoms with van der Waals surface area (Å²) in [7, 11) is -3.60. The van der Waals surface area contributed by atoms with E-state index < -0.39 is 9.84 Å². The highest BCUT2D eigenvalue weighted by Gasteiger charge is 2.21. The second-order valence-electron chi connectivity index (χ2n) is 5.66. The predicted octanol–water partition coefficient (Wildman–Crippen LogP) is 4.45. The first-order valence-electron chi connectivity index (χ1n) is 7.67. The van der Waals surface area contributed by atoms with Gasteiger partial charge in [-0.3, -0.25) is 4.79 Å². The molecule has 6 heteroatoms. The van der Waals surface area contributed by atoms with Gasteiger partial charge in [0.1, 0.15) is 4.21 Å². The molecular weight excluding hydrogens is 354 g/mol. The average molecular weight is 371 g/mol. The van der Waals surface area contributed by atoms with Crippen LogP contribution in [0.15, 0.2) is 69.8 Å². The molecule has 0 fully saturated rings. The Hall–Kier alpha value is -2.44. The lowest BCUT2D eigenvalue weighted by Crippen LogP contribution is -2.12. The standard InChI is InChI=1S/C19H17NO3S2/c1-13-7-6-8-14(2)18(13)20-19(21)16-11-12-17(24-16)25(22,23)15-9-4-3-5-10-15/h3-12H,1-2H3,(H,20,21). The molecule has 0 radical (unpaired) electrons. The van der Waals surface area contributed by atoms with Crippen molar-refractivity contribution in [2.24, 2.45) is 0 Å². The van der Waals surface area contributed by atoms with Gasteiger partial charge in [0.25, 0.3) is 5.91 Å². The summed E-state index contributed by atoms with van der Waals surface area (Å²) >= 11 is 0.974. The second-order valence-corrected chi connectivity index (χ2v) is 8.92. The number of carbonyl (C=O) groups is 1. The van der Waals surface area contributed by atoms with Gasteiger partial charge >= 0.3 is 0 Å². The Kier molecular flexibility index (Phi) is 4.74. The first-order valence-corrected chi connectivity index (χ1v) is 9.97. The van der Waals surface area contributed by atoms with Gasteiger partial charge in [0, 0.05) is 5.69 Å². The minimum Gasteiger partial charge on any atom is -0.321 e. The van der Waals surface area contributed by atoms with Crippen LogP contribution in [-0.4, -0.2) is 14.3 Å². The van der Waals surface area contributed by atoms with Gasteiger partial charge in [-0.15, -0.1) is 11.3 Å². The van der Waals surface area contributed by atoms with Crippen LogP contribution in [0.3, 0.4) is 0 Å². The zero-order valence-electron chi connectivity index (χ0n) is 13.8. The van der Waals surface area contributed by atoms with Gasteiger partial charge in [-0.25, -0.2) is 8.42 Å². The third kappa shape index (κ3) is 3.50. The minimum absolute atomic E-state index is 0.158. The third-order valence-corrected chi connectivity index (χ3v) is 7.19. The predicted molar refractivity (Wildman–Crippen MR) is 100 cm³/mol. The summed E-state index contributed by atoms with van der Waals surface area (Å²) in [4.78, 5) is 13.1. The van der Waals surface area contributed by atoms with E-state index in [1.54, 1.807) is 36.4 Å². The Morgan fingerprint density at radius 2 is 1.52 bits per heavy atom. The van der Waals surface area contributed by atoms with E-state index in [-0.39, 0.29) is 15.0 Å². The van der Waals surface area contributed by atoms with Gasteiger partial charge in [0.05, 0.1) is 9.77 Å². The van der Waals surface area contributed by atoms with E-state index in [9.17, 15) is 13.2 Å². The van der Waals surface area contributed by atoms with E-state index in [2.05, 4.69) is 5.32 Å². The van der Waals surface area contributed by atoms with E-state index in [0.717, 1.165) is 28.2 Å². The maximum Gasteiger partial charge on any atom is 0.265 e. The van der Waals surface area contributed by atoms with Crippen molar-refractivity contribution in [2.45, 2.75) is 23.0 Å². The highest BCUT2D eigenvalue weighted by atomic mass is 32.2. The van der Waals surface area contributed by atoms with E-state index >= 15 is 0 Å². The molecule has 3 rings (SSSR count). The SMILES string of the molecule is Cc1cccc(C)c1NC(=O)c1ccc(S(=O)(=O)c2ccccc2)s1. The number of sulfone groups is 1. The minimum atomic E-state index is -3.60. The zero-order valence-corrected chi connectivity index (χ0v) is 15.4. The lowest BCUT2D eigenvalue weighted by atomic mass is 10.1. The van der Waals surface area contributed by atoms with Gasteiger partial charge in [-0.05, 0) is 49.2 Å². The van der Waals surface area contributed by atoms with Crippen molar-refractivity contribution in [1.29, 1.82) is 0 Å². The highest BCUT2D eigenvalue weighted by Crippen LogP contribution is 2.29. The van der Waals surface area contributed by atoms with Crippen LogP contribution in [0.2, 0.25) is 0 Å². The first-order chi connectivity index (χ1) is 11.9. The van der Waals surface area contributed by atoms with Crippen molar-refractivity contribution in [3.8, 4) is 0 Å². The monoisotopic (exact) mass is 371 g/mol. The van der Waals surface area contributed by atoms with E-state index in [1.165, 1.54) is 6.07 Å². The van der Waals surface area contributed by atoms with Crippen LogP contribution in [0.1, 0.15) is 20.8 Å². The van der Waals surface area contributed by atoms with Crippen molar-refractivity contribution < 1.29 is 13.2 Å². The van der Waals surface area contributed by atoms with Crippen LogP contribution in [0.4, 0.5) is 5.69 Å². The van der Waals surface area contributed by atoms with Gasteiger partial charge in [0.2, 0.25) is 9.84 Å². The van der Waals surface area contributed by atoms with Crippen LogP contribution >= 0.6 is 11.3 Å². The van der Waals surface area contributed by atoms with Gasteiger partial charge < -0.3 is 5.32 Å². The maximum absolute atomic E-state index is 12.6. The topological polar surface area (TPSA) is 63.2 Å². The summed E-state index contributed by atoms with van der Waals surface area (Å²) in [6.07, 6.45) is 0. The number of amides is 1. The van der Waals surface area contributed by atoms with E-state index in [1.807, 2.05) is 32.0 Å². The quantitative estimate of drug-likeness (QED) is 0.737. The molecule has 1 N–H and O–H groups in total. The summed E-state index contributed by atoms with van der Waals surface area (Å²) in [5.41, 5.74) is 2.68. The number of hydrogen-bond donors (Lipinski definition) is 1. The van der Waals surface area contributed by atoms with Crippen molar-refractivity contribution in [2.75, 3.05) is 5.32 Å². The number of hydrogen-bond acceptors (Lipinski definition) is 4. The van der Waals surface area contributed by atoms with Crippen molar-refractivity contribution in [3.63, 3.8) is 0 Å². The molecule has 0 aliphatic heterocycles. The Bertz CT molecular complexity index is 1000. The van der Waals surface area contributed by atoms with Crippen LogP contribution < -0.4 is 5.32 Å². The average Bonchev–Trinajstić information content (AvgIpc) is 3.10. The normalized spacial score (nSPS) is 11.3. The van der Waals surface area contributed by atoms with Crippen molar-refractivity contribution in [3.05, 3.63) is 76.7 Å². The molecule has 1 amide bonds. The van der Waals surface area contributed by atoms with Crippen molar-refractivity contribution in [1.82, 2.24) is 0 Å². The molecule has 25 heavy (non-hydrogen) atoms. The third-order valence-electron chi connectivity index (χ3n) is 3.84. The Labute approximate surface area is 151 Å². The summed E-state index contributed by atoms with van der Waals surface area (Å²) in [5.74, 6) is -0.308. The van der Waals surface area contributed by atoms with Crippen molar-refractivity contribution >= 4 is 32.8 Å². The summed E-state index contributed by atoms with van der Waals surface area (Å²) < 4.78 is 25.4. The first kappa shape index (κ1) is 17.4. The van der Waals surface area contributed by atoms with Crippen LogP contribution in [-0.2, 0) is 9.84 Å². The Morgan fingerprint density at radius 1 is 0.880 bits per heavy atom. The van der Waals surface area contributed by atoms with E-state index in [4.69, 9.17) is 0 Å². The zero-order chi connectivity index (χ0) is 18.0. The maximum atomic E-state index is 12.6. The van der Waals surface area contributed by atoms with Gasteiger partial charge in [0.15, 0.2) is 0 Å². The Balaban J connectivity index is 1.88. The molecule has 0 aliphatic carbocycles. The van der Waals surface area contributed by atoms with E-state index in [0.29, 0.717) is 4.88 Å². The molecule has 1 aromatic heterocycles. The highest BCUT2D eigenvalue weighted by molar-refractivity contribution is 7.93. The molecule has 0 atom stereocenters. The molecular formula is C19H17NO3S2. The summed E-state index contributed by atoms with van der Waals surface area (Å²) in [6.45, 7) is 3.84. The fourth-order valence-electron chi connectivity index (χ4n) is 2.49. The molecule has 0 aliphatic rings. The molecule has 2 aromatic carbocycles. The molecule has 0 unspecified atom stereocenters. The van der Waals surface area contributed by atoms with Crippen LogP contribution in [0.5, 0.6) is 0 Å². The largest absolute Gasteiger partial charge is 0.321 e. The molecule has 0 bridgehead atoms. The fourth-order valence-corrected chi connectivity index (χ4v) is 5.11. The number of thiophene rings is 1. The van der Waals surface area contributed by atoms with Crippen LogP contribution in [0, 0.1) is 13.8 Å². The molecule has 3 aromatic rings. The number of benzene rings is 2. The number of para-hydroxylation sites is 1. The number of nitrogens with one attached hydrogen (secondary N) is 1. The second kappa shape index (κ2) is 6.82. The van der Waals surface area contributed by atoms with Gasteiger partial charge in [-0.2, -0.15) is 0 Å². The van der Waals surface area contributed by atoms with Crippen LogP contribution in [0.25, 0.3) is 0 Å². The molecule has 0 saturated heterocycles. The smallest absolute Gasteiger partial charge is 0.265 e. The molecule has 1 heterocycles. The number of aryl methyl sites for hydroxylation is 2. The Morgan fingerprint density at radius 3 is 2.16 bits per heavy atom. The molecule has 128 valence electrons. The number of rotatable bonds is 4. The number of carbonyl (C=O) groups excluding carboxylic acids is 1. The van der Waals surface area contributed by atoms with Gasteiger partial charge in [-0.1, -0.05) is 36.4 Å². The lowest BCUT2D eigenvalue weighted by molar-refractivity contribution is 0.103.